The minimum Gasteiger partial charge on any atom is -0.316 e. The van der Waals surface area contributed by atoms with E-state index in [1.54, 1.807) is 37.4 Å². The fraction of sp³-hybridized carbons (Fsp3) is 0.133. The molecule has 3 rings (SSSR count). The first-order valence-corrected chi connectivity index (χ1v) is 7.72. The standard InChI is InChI=1S/C15H12ClN3O2S/c1-8-7-19-14(21)12(9(2)17-15(19)22-8)18-13(20)10-5-3-4-6-11(10)16/h3-7H,1-2H3,(H,18,20). The molecule has 112 valence electrons. The molecule has 7 heteroatoms. The maximum Gasteiger partial charge on any atom is 0.282 e. The van der Waals surface area contributed by atoms with Gasteiger partial charge in [0, 0.05) is 11.1 Å². The molecule has 1 amide bonds. The van der Waals surface area contributed by atoms with E-state index in [9.17, 15) is 9.59 Å². The Kier molecular flexibility index (Phi) is 3.72. The zero-order chi connectivity index (χ0) is 15.9. The molecule has 0 saturated heterocycles. The van der Waals surface area contributed by atoms with Gasteiger partial charge in [-0.3, -0.25) is 14.0 Å². The Morgan fingerprint density at radius 2 is 2.05 bits per heavy atom. The molecular weight excluding hydrogens is 322 g/mol. The minimum atomic E-state index is -0.431. The lowest BCUT2D eigenvalue weighted by molar-refractivity contribution is 0.102. The highest BCUT2D eigenvalue weighted by Crippen LogP contribution is 2.19. The van der Waals surface area contributed by atoms with Crippen molar-refractivity contribution < 1.29 is 4.79 Å². The van der Waals surface area contributed by atoms with E-state index in [1.165, 1.54) is 15.7 Å². The molecule has 0 spiro atoms. The van der Waals surface area contributed by atoms with Crippen molar-refractivity contribution in [3.05, 3.63) is 62.0 Å². The van der Waals surface area contributed by atoms with Crippen LogP contribution < -0.4 is 10.9 Å². The van der Waals surface area contributed by atoms with Crippen molar-refractivity contribution >= 4 is 39.5 Å². The van der Waals surface area contributed by atoms with Crippen LogP contribution in [0.3, 0.4) is 0 Å². The van der Waals surface area contributed by atoms with Crippen molar-refractivity contribution in [3.63, 3.8) is 0 Å². The molecule has 0 aliphatic carbocycles. The molecule has 3 aromatic rings. The van der Waals surface area contributed by atoms with E-state index < -0.39 is 5.91 Å². The SMILES string of the molecule is Cc1cn2c(=O)c(NC(=O)c3ccccc3Cl)c(C)nc2s1. The number of aryl methyl sites for hydroxylation is 2. The number of halogens is 1. The molecule has 5 nitrogen and oxygen atoms in total. The van der Waals surface area contributed by atoms with Gasteiger partial charge in [0.25, 0.3) is 11.5 Å². The van der Waals surface area contributed by atoms with Crippen molar-refractivity contribution in [1.82, 2.24) is 9.38 Å². The third-order valence-corrected chi connectivity index (χ3v) is 4.41. The molecule has 0 fully saturated rings. The Balaban J connectivity index is 2.06. The molecule has 1 aromatic carbocycles. The molecule has 0 aliphatic heterocycles. The Bertz CT molecular complexity index is 946. The second-order valence-electron chi connectivity index (χ2n) is 4.81. The van der Waals surface area contributed by atoms with Gasteiger partial charge in [-0.05, 0) is 26.0 Å². The Morgan fingerprint density at radius 3 is 2.77 bits per heavy atom. The molecular formula is C15H12ClN3O2S. The van der Waals surface area contributed by atoms with E-state index >= 15 is 0 Å². The number of carbonyl (C=O) groups excluding carboxylic acids is 1. The van der Waals surface area contributed by atoms with Crippen LogP contribution in [-0.2, 0) is 0 Å². The predicted molar refractivity (Wildman–Crippen MR) is 88.2 cm³/mol. The summed E-state index contributed by atoms with van der Waals surface area (Å²) in [7, 11) is 0. The van der Waals surface area contributed by atoms with Gasteiger partial charge in [0.15, 0.2) is 4.96 Å². The van der Waals surface area contributed by atoms with Gasteiger partial charge in [0.1, 0.15) is 5.69 Å². The number of anilines is 1. The first-order chi connectivity index (χ1) is 10.5. The Labute approximate surface area is 135 Å². The number of thiazole rings is 1. The number of hydrogen-bond donors (Lipinski definition) is 1. The summed E-state index contributed by atoms with van der Waals surface area (Å²) in [6.45, 7) is 3.59. The molecule has 2 aromatic heterocycles. The van der Waals surface area contributed by atoms with Gasteiger partial charge < -0.3 is 5.32 Å². The van der Waals surface area contributed by atoms with Crippen molar-refractivity contribution in [1.29, 1.82) is 0 Å². The lowest BCUT2D eigenvalue weighted by Crippen LogP contribution is -2.24. The Hall–Kier alpha value is -2.18. The second-order valence-corrected chi connectivity index (χ2v) is 6.43. The van der Waals surface area contributed by atoms with Gasteiger partial charge in [-0.25, -0.2) is 4.98 Å². The number of amides is 1. The van der Waals surface area contributed by atoms with E-state index in [0.717, 1.165) is 4.88 Å². The number of nitrogens with zero attached hydrogens (tertiary/aromatic N) is 2. The normalized spacial score (nSPS) is 10.9. The summed E-state index contributed by atoms with van der Waals surface area (Å²) >= 11 is 7.43. The fourth-order valence-electron chi connectivity index (χ4n) is 2.12. The van der Waals surface area contributed by atoms with Crippen LogP contribution in [0.2, 0.25) is 5.02 Å². The summed E-state index contributed by atoms with van der Waals surface area (Å²) in [5, 5.41) is 2.95. The van der Waals surface area contributed by atoms with Crippen molar-refractivity contribution in [2.45, 2.75) is 13.8 Å². The smallest absolute Gasteiger partial charge is 0.282 e. The highest BCUT2D eigenvalue weighted by Gasteiger charge is 2.16. The first kappa shape index (κ1) is 14.7. The van der Waals surface area contributed by atoms with Gasteiger partial charge in [0.05, 0.1) is 16.3 Å². The minimum absolute atomic E-state index is 0.167. The average Bonchev–Trinajstić information content (AvgIpc) is 2.84. The van der Waals surface area contributed by atoms with E-state index in [1.807, 2.05) is 6.92 Å². The first-order valence-electron chi connectivity index (χ1n) is 6.52. The van der Waals surface area contributed by atoms with Gasteiger partial charge in [-0.1, -0.05) is 23.7 Å². The summed E-state index contributed by atoms with van der Waals surface area (Å²) in [5.41, 5.74) is 0.661. The van der Waals surface area contributed by atoms with Crippen LogP contribution in [0.25, 0.3) is 4.96 Å². The maximum absolute atomic E-state index is 12.5. The van der Waals surface area contributed by atoms with E-state index in [0.29, 0.717) is 21.2 Å². The number of hydrogen-bond acceptors (Lipinski definition) is 4. The number of fused-ring (bicyclic) bond motifs is 1. The summed E-state index contributed by atoms with van der Waals surface area (Å²) in [6, 6.07) is 6.68. The number of nitrogens with one attached hydrogen (secondary N) is 1. The van der Waals surface area contributed by atoms with Crippen molar-refractivity contribution in [2.24, 2.45) is 0 Å². The van der Waals surface area contributed by atoms with Gasteiger partial charge in [-0.15, -0.1) is 11.3 Å². The number of rotatable bonds is 2. The van der Waals surface area contributed by atoms with Crippen LogP contribution >= 0.6 is 22.9 Å². The maximum atomic E-state index is 12.5. The molecule has 1 N–H and O–H groups in total. The zero-order valence-electron chi connectivity index (χ0n) is 11.9. The molecule has 0 radical (unpaired) electrons. The number of benzene rings is 1. The second kappa shape index (κ2) is 5.55. The van der Waals surface area contributed by atoms with E-state index in [2.05, 4.69) is 10.3 Å². The third-order valence-electron chi connectivity index (χ3n) is 3.18. The van der Waals surface area contributed by atoms with E-state index in [-0.39, 0.29) is 11.2 Å². The number of carbonyl (C=O) groups is 1. The zero-order valence-corrected chi connectivity index (χ0v) is 13.5. The topological polar surface area (TPSA) is 63.5 Å². The molecule has 0 atom stereocenters. The van der Waals surface area contributed by atoms with Crippen molar-refractivity contribution in [3.8, 4) is 0 Å². The van der Waals surface area contributed by atoms with Crippen LogP contribution in [0.15, 0.2) is 35.3 Å². The van der Waals surface area contributed by atoms with Gasteiger partial charge in [0.2, 0.25) is 0 Å². The lowest BCUT2D eigenvalue weighted by atomic mass is 10.2. The van der Waals surface area contributed by atoms with Crippen LogP contribution in [0.5, 0.6) is 0 Å². The monoisotopic (exact) mass is 333 g/mol. The van der Waals surface area contributed by atoms with Gasteiger partial charge in [-0.2, -0.15) is 0 Å². The predicted octanol–water partition coefficient (Wildman–Crippen LogP) is 3.28. The highest BCUT2D eigenvalue weighted by atomic mass is 35.5. The van der Waals surface area contributed by atoms with Gasteiger partial charge >= 0.3 is 0 Å². The third kappa shape index (κ3) is 2.51. The number of aromatic nitrogens is 2. The molecule has 0 aliphatic rings. The van der Waals surface area contributed by atoms with Crippen LogP contribution in [0, 0.1) is 13.8 Å². The van der Waals surface area contributed by atoms with Crippen LogP contribution in [0.4, 0.5) is 5.69 Å². The molecule has 22 heavy (non-hydrogen) atoms. The lowest BCUT2D eigenvalue weighted by Gasteiger charge is -2.08. The average molecular weight is 334 g/mol. The van der Waals surface area contributed by atoms with Crippen LogP contribution in [-0.4, -0.2) is 15.3 Å². The summed E-state index contributed by atoms with van der Waals surface area (Å²) in [6.07, 6.45) is 1.71. The quantitative estimate of drug-likeness (QED) is 0.782. The molecule has 0 bridgehead atoms. The summed E-state index contributed by atoms with van der Waals surface area (Å²) in [5.74, 6) is -0.431. The molecule has 2 heterocycles. The van der Waals surface area contributed by atoms with Crippen molar-refractivity contribution in [2.75, 3.05) is 5.32 Å². The summed E-state index contributed by atoms with van der Waals surface area (Å²) in [4.78, 5) is 30.7. The Morgan fingerprint density at radius 1 is 1.32 bits per heavy atom. The largest absolute Gasteiger partial charge is 0.316 e. The van der Waals surface area contributed by atoms with Crippen LogP contribution in [0.1, 0.15) is 20.9 Å². The molecule has 0 saturated carbocycles. The fourth-order valence-corrected chi connectivity index (χ4v) is 3.21. The molecule has 0 unspecified atom stereocenters. The van der Waals surface area contributed by atoms with E-state index in [4.69, 9.17) is 11.6 Å². The summed E-state index contributed by atoms with van der Waals surface area (Å²) < 4.78 is 1.44. The highest BCUT2D eigenvalue weighted by molar-refractivity contribution is 7.16.